The average Bonchev–Trinajstić information content (AvgIpc) is 3.23. The van der Waals surface area contributed by atoms with Crippen molar-refractivity contribution >= 4 is 17.8 Å². The molecule has 2 aliphatic heterocycles. The molecule has 0 aromatic carbocycles. The highest BCUT2D eigenvalue weighted by Gasteiger charge is 2.40. The molecule has 2 saturated heterocycles. The highest BCUT2D eigenvalue weighted by Crippen LogP contribution is 2.36. The Kier molecular flexibility index (Phi) is 9.21. The Morgan fingerprint density at radius 3 is 2.29 bits per heavy atom. The molecule has 2 N–H and O–H groups in total. The molecule has 162 valence electrons. The predicted octanol–water partition coefficient (Wildman–Crippen LogP) is 2.06. The molecule has 0 unspecified atom stereocenters. The zero-order valence-corrected chi connectivity index (χ0v) is 18.7. The summed E-state index contributed by atoms with van der Waals surface area (Å²) >= 11 is 2.06. The SMILES string of the molecule is CCN1CCN(CCCCNC(=O)NCC2(N3CCSCC3)CCCC2)CC1. The van der Waals surface area contributed by atoms with Crippen molar-refractivity contribution in [2.75, 3.05) is 77.0 Å². The lowest BCUT2D eigenvalue weighted by Gasteiger charge is -2.43. The van der Waals surface area contributed by atoms with Gasteiger partial charge in [-0.3, -0.25) is 4.90 Å². The number of piperazine rings is 1. The summed E-state index contributed by atoms with van der Waals surface area (Å²) in [5.41, 5.74) is 0.221. The van der Waals surface area contributed by atoms with Crippen LogP contribution in [-0.2, 0) is 0 Å². The van der Waals surface area contributed by atoms with Gasteiger partial charge in [0.2, 0.25) is 0 Å². The Balaban J connectivity index is 1.27. The summed E-state index contributed by atoms with van der Waals surface area (Å²) in [6.45, 7) is 13.3. The van der Waals surface area contributed by atoms with Gasteiger partial charge in [-0.15, -0.1) is 0 Å². The van der Waals surface area contributed by atoms with Crippen molar-refractivity contribution in [3.05, 3.63) is 0 Å². The fraction of sp³-hybridized carbons (Fsp3) is 0.952. The topological polar surface area (TPSA) is 50.9 Å². The van der Waals surface area contributed by atoms with Gasteiger partial charge in [0.1, 0.15) is 0 Å². The lowest BCUT2D eigenvalue weighted by Crippen LogP contribution is -2.57. The highest BCUT2D eigenvalue weighted by atomic mass is 32.2. The largest absolute Gasteiger partial charge is 0.338 e. The van der Waals surface area contributed by atoms with Crippen molar-refractivity contribution in [2.24, 2.45) is 0 Å². The summed E-state index contributed by atoms with van der Waals surface area (Å²) in [6.07, 6.45) is 7.32. The van der Waals surface area contributed by atoms with E-state index < -0.39 is 0 Å². The average molecular weight is 412 g/mol. The van der Waals surface area contributed by atoms with Gasteiger partial charge >= 0.3 is 6.03 Å². The fourth-order valence-electron chi connectivity index (χ4n) is 4.97. The quantitative estimate of drug-likeness (QED) is 0.569. The third-order valence-electron chi connectivity index (χ3n) is 6.89. The molecule has 28 heavy (non-hydrogen) atoms. The molecule has 0 radical (unpaired) electrons. The number of hydrogen-bond acceptors (Lipinski definition) is 5. The summed E-state index contributed by atoms with van der Waals surface area (Å²) in [6, 6.07) is 0.0224. The second kappa shape index (κ2) is 11.6. The Labute approximate surface area is 176 Å². The Morgan fingerprint density at radius 1 is 0.929 bits per heavy atom. The third kappa shape index (κ3) is 6.51. The second-order valence-electron chi connectivity index (χ2n) is 8.62. The molecule has 1 aliphatic carbocycles. The van der Waals surface area contributed by atoms with E-state index in [9.17, 15) is 4.79 Å². The Morgan fingerprint density at radius 2 is 1.61 bits per heavy atom. The van der Waals surface area contributed by atoms with Crippen LogP contribution in [0.2, 0.25) is 0 Å². The number of carbonyl (C=O) groups excluding carboxylic acids is 1. The molecule has 3 fully saturated rings. The Bertz CT molecular complexity index is 458. The summed E-state index contributed by atoms with van der Waals surface area (Å²) in [4.78, 5) is 20.0. The smallest absolute Gasteiger partial charge is 0.314 e. The molecule has 1 saturated carbocycles. The van der Waals surface area contributed by atoms with Crippen LogP contribution in [0.4, 0.5) is 4.79 Å². The number of urea groups is 1. The maximum Gasteiger partial charge on any atom is 0.314 e. The zero-order valence-electron chi connectivity index (χ0n) is 17.9. The summed E-state index contributed by atoms with van der Waals surface area (Å²) in [5.74, 6) is 2.48. The number of amides is 2. The van der Waals surface area contributed by atoms with Crippen LogP contribution < -0.4 is 10.6 Å². The maximum atomic E-state index is 12.3. The summed E-state index contributed by atoms with van der Waals surface area (Å²) < 4.78 is 0. The first-order valence-electron chi connectivity index (χ1n) is 11.5. The van der Waals surface area contributed by atoms with Crippen molar-refractivity contribution in [3.63, 3.8) is 0 Å². The van der Waals surface area contributed by atoms with Crippen molar-refractivity contribution < 1.29 is 4.79 Å². The van der Waals surface area contributed by atoms with E-state index in [1.54, 1.807) is 0 Å². The molecule has 2 amide bonds. The van der Waals surface area contributed by atoms with Gasteiger partial charge in [-0.25, -0.2) is 4.79 Å². The van der Waals surface area contributed by atoms with Crippen molar-refractivity contribution in [3.8, 4) is 0 Å². The Hall–Kier alpha value is -0.500. The minimum absolute atomic E-state index is 0.0224. The number of nitrogens with one attached hydrogen (secondary N) is 2. The highest BCUT2D eigenvalue weighted by molar-refractivity contribution is 7.99. The molecular weight excluding hydrogens is 370 g/mol. The molecule has 0 bridgehead atoms. The molecule has 0 spiro atoms. The van der Waals surface area contributed by atoms with E-state index in [2.05, 4.69) is 44.0 Å². The molecule has 3 aliphatic rings. The van der Waals surface area contributed by atoms with Crippen LogP contribution in [0.25, 0.3) is 0 Å². The monoisotopic (exact) mass is 411 g/mol. The lowest BCUT2D eigenvalue weighted by atomic mass is 9.94. The van der Waals surface area contributed by atoms with E-state index in [1.165, 1.54) is 89.4 Å². The maximum absolute atomic E-state index is 12.3. The van der Waals surface area contributed by atoms with E-state index in [0.29, 0.717) is 0 Å². The van der Waals surface area contributed by atoms with Crippen LogP contribution >= 0.6 is 11.8 Å². The number of carbonyl (C=O) groups is 1. The van der Waals surface area contributed by atoms with Gasteiger partial charge in [0, 0.05) is 69.4 Å². The molecule has 6 nitrogen and oxygen atoms in total. The van der Waals surface area contributed by atoms with E-state index >= 15 is 0 Å². The number of nitrogens with zero attached hydrogens (tertiary/aromatic N) is 3. The number of unbranched alkanes of at least 4 members (excludes halogenated alkanes) is 1. The molecule has 0 atom stereocenters. The molecular formula is C21H41N5OS. The van der Waals surface area contributed by atoms with Gasteiger partial charge in [-0.2, -0.15) is 11.8 Å². The fourth-order valence-corrected chi connectivity index (χ4v) is 5.88. The zero-order chi connectivity index (χ0) is 19.7. The first-order valence-corrected chi connectivity index (χ1v) is 12.7. The molecule has 7 heteroatoms. The van der Waals surface area contributed by atoms with Crippen LogP contribution in [0.5, 0.6) is 0 Å². The van der Waals surface area contributed by atoms with Crippen LogP contribution in [0.15, 0.2) is 0 Å². The number of likely N-dealkylation sites (N-methyl/N-ethyl adjacent to an activating group) is 1. The number of thioether (sulfide) groups is 1. The lowest BCUT2D eigenvalue weighted by molar-refractivity contribution is 0.104. The van der Waals surface area contributed by atoms with Crippen molar-refractivity contribution in [2.45, 2.75) is 51.0 Å². The second-order valence-corrected chi connectivity index (χ2v) is 9.85. The normalized spacial score (nSPS) is 24.3. The van der Waals surface area contributed by atoms with Crippen LogP contribution in [-0.4, -0.2) is 103 Å². The summed E-state index contributed by atoms with van der Waals surface area (Å²) in [5, 5.41) is 6.28. The first-order chi connectivity index (χ1) is 13.7. The van der Waals surface area contributed by atoms with E-state index in [4.69, 9.17) is 0 Å². The van der Waals surface area contributed by atoms with E-state index in [-0.39, 0.29) is 11.6 Å². The molecule has 0 aromatic rings. The minimum Gasteiger partial charge on any atom is -0.338 e. The van der Waals surface area contributed by atoms with Gasteiger partial charge in [0.25, 0.3) is 0 Å². The van der Waals surface area contributed by atoms with Gasteiger partial charge in [0.15, 0.2) is 0 Å². The van der Waals surface area contributed by atoms with Gasteiger partial charge < -0.3 is 20.4 Å². The van der Waals surface area contributed by atoms with Crippen LogP contribution in [0.1, 0.15) is 45.4 Å². The number of rotatable bonds is 9. The van der Waals surface area contributed by atoms with Crippen molar-refractivity contribution in [1.82, 2.24) is 25.3 Å². The molecule has 3 rings (SSSR count). The summed E-state index contributed by atoms with van der Waals surface area (Å²) in [7, 11) is 0. The van der Waals surface area contributed by atoms with E-state index in [0.717, 1.165) is 26.1 Å². The van der Waals surface area contributed by atoms with Crippen LogP contribution in [0.3, 0.4) is 0 Å². The first kappa shape index (κ1) is 22.2. The standard InChI is InChI=1S/C21H41N5OS/c1-2-24-11-13-25(14-12-24)10-6-5-9-22-20(27)23-19-21(7-3-4-8-21)26-15-17-28-18-16-26/h2-19H2,1H3,(H2,22,23,27). The molecule has 0 aromatic heterocycles. The van der Waals surface area contributed by atoms with Gasteiger partial charge in [-0.05, 0) is 38.8 Å². The van der Waals surface area contributed by atoms with E-state index in [1.807, 2.05) is 0 Å². The molecule has 2 heterocycles. The minimum atomic E-state index is 0.0224. The van der Waals surface area contributed by atoms with Gasteiger partial charge in [-0.1, -0.05) is 19.8 Å². The third-order valence-corrected chi connectivity index (χ3v) is 7.84. The van der Waals surface area contributed by atoms with Gasteiger partial charge in [0.05, 0.1) is 0 Å². The predicted molar refractivity (Wildman–Crippen MR) is 119 cm³/mol. The number of hydrogen-bond donors (Lipinski definition) is 2. The van der Waals surface area contributed by atoms with Crippen molar-refractivity contribution in [1.29, 1.82) is 0 Å². The van der Waals surface area contributed by atoms with Crippen LogP contribution in [0, 0.1) is 0 Å².